The van der Waals surface area contributed by atoms with Gasteiger partial charge in [-0.3, -0.25) is 4.79 Å². The first-order valence-electron chi connectivity index (χ1n) is 12.9. The number of ether oxygens (including phenoxy) is 2. The van der Waals surface area contributed by atoms with E-state index in [2.05, 4.69) is 34.6 Å². The molecule has 0 aliphatic heterocycles. The van der Waals surface area contributed by atoms with Crippen molar-refractivity contribution in [1.29, 1.82) is 0 Å². The minimum atomic E-state index is -0.320. The molecule has 3 rings (SSSR count). The van der Waals surface area contributed by atoms with E-state index in [4.69, 9.17) is 13.9 Å². The van der Waals surface area contributed by atoms with Crippen molar-refractivity contribution in [3.8, 4) is 23.0 Å². The summed E-state index contributed by atoms with van der Waals surface area (Å²) in [7, 11) is 1.58. The fourth-order valence-electron chi connectivity index (χ4n) is 4.43. The lowest BCUT2D eigenvalue weighted by Gasteiger charge is -2.18. The van der Waals surface area contributed by atoms with Crippen molar-refractivity contribution in [2.75, 3.05) is 13.7 Å². The maximum absolute atomic E-state index is 13.9. The third-order valence-electron chi connectivity index (χ3n) is 6.48. The van der Waals surface area contributed by atoms with E-state index in [9.17, 15) is 15.0 Å². The van der Waals surface area contributed by atoms with Crippen LogP contribution in [0.4, 0.5) is 0 Å². The number of unbranched alkanes of at least 4 members (excludes halogenated alkanes) is 2. The first-order valence-corrected chi connectivity index (χ1v) is 12.9. The molecule has 0 saturated heterocycles. The Bertz CT molecular complexity index is 1220. The molecular weight excluding hydrogens is 444 g/mol. The number of phenolic OH excluding ortho intramolecular Hbond substituents is 2. The Balaban J connectivity index is 2.28. The van der Waals surface area contributed by atoms with Crippen LogP contribution in [0.1, 0.15) is 77.8 Å². The highest BCUT2D eigenvalue weighted by molar-refractivity contribution is 5.97. The molecule has 0 aliphatic carbocycles. The second-order valence-electron chi connectivity index (χ2n) is 10.2. The van der Waals surface area contributed by atoms with Crippen molar-refractivity contribution >= 4 is 21.9 Å². The predicted octanol–water partition coefficient (Wildman–Crippen LogP) is 7.11. The monoisotopic (exact) mass is 484 g/mol. The Labute approximate surface area is 207 Å². The van der Waals surface area contributed by atoms with Crippen LogP contribution >= 0.6 is 0 Å². The number of benzene rings is 2. The summed E-state index contributed by atoms with van der Waals surface area (Å²) in [6.45, 7) is 11.1. The van der Waals surface area contributed by atoms with E-state index >= 15 is 0 Å². The summed E-state index contributed by atoms with van der Waals surface area (Å²) in [5.41, 5.74) is 1.31. The van der Waals surface area contributed by atoms with Gasteiger partial charge < -0.3 is 24.1 Å². The highest BCUT2D eigenvalue weighted by Gasteiger charge is 2.24. The van der Waals surface area contributed by atoms with Gasteiger partial charge in [-0.05, 0) is 43.9 Å². The van der Waals surface area contributed by atoms with Gasteiger partial charge in [0.2, 0.25) is 5.43 Å². The van der Waals surface area contributed by atoms with Gasteiger partial charge in [0.05, 0.1) is 19.1 Å². The van der Waals surface area contributed by atoms with E-state index < -0.39 is 0 Å². The van der Waals surface area contributed by atoms with Crippen LogP contribution < -0.4 is 14.9 Å². The zero-order chi connectivity index (χ0) is 25.7. The van der Waals surface area contributed by atoms with Gasteiger partial charge >= 0.3 is 0 Å². The summed E-state index contributed by atoms with van der Waals surface area (Å²) in [6.07, 6.45) is 5.77. The van der Waals surface area contributed by atoms with Gasteiger partial charge in [-0.1, -0.05) is 47.5 Å². The quantitative estimate of drug-likeness (QED) is 0.210. The fourth-order valence-corrected chi connectivity index (χ4v) is 4.43. The number of hydrogen-bond donors (Lipinski definition) is 2. The van der Waals surface area contributed by atoms with Crippen molar-refractivity contribution < 1.29 is 24.1 Å². The molecule has 0 amide bonds. The molecule has 0 spiro atoms. The highest BCUT2D eigenvalue weighted by Crippen LogP contribution is 2.41. The van der Waals surface area contributed by atoms with E-state index in [1.54, 1.807) is 13.2 Å². The van der Waals surface area contributed by atoms with Crippen LogP contribution in [0.3, 0.4) is 0 Å². The molecule has 192 valence electrons. The minimum absolute atomic E-state index is 0.0669. The number of aryl methyl sites for hydroxylation is 1. The molecule has 6 heteroatoms. The average Bonchev–Trinajstić information content (AvgIpc) is 2.79. The number of rotatable bonds is 12. The molecule has 6 nitrogen and oxygen atoms in total. The molecule has 1 aromatic heterocycles. The summed E-state index contributed by atoms with van der Waals surface area (Å²) in [4.78, 5) is 13.9. The van der Waals surface area contributed by atoms with E-state index in [0.717, 1.165) is 37.7 Å². The number of aromatic hydroxyl groups is 2. The molecule has 2 aromatic carbocycles. The first-order chi connectivity index (χ1) is 16.7. The lowest BCUT2D eigenvalue weighted by molar-refractivity contribution is 0.285. The Kier molecular flexibility index (Phi) is 8.92. The van der Waals surface area contributed by atoms with Crippen LogP contribution in [0.15, 0.2) is 21.3 Å². The van der Waals surface area contributed by atoms with Crippen LogP contribution in [-0.4, -0.2) is 23.9 Å². The summed E-state index contributed by atoms with van der Waals surface area (Å²) < 4.78 is 18.0. The van der Waals surface area contributed by atoms with Gasteiger partial charge in [0.1, 0.15) is 28.1 Å². The highest BCUT2D eigenvalue weighted by atomic mass is 16.5. The molecule has 0 saturated carbocycles. The van der Waals surface area contributed by atoms with E-state index in [1.807, 2.05) is 0 Å². The Morgan fingerprint density at radius 3 is 2.14 bits per heavy atom. The van der Waals surface area contributed by atoms with Crippen LogP contribution in [0.5, 0.6) is 23.0 Å². The maximum atomic E-state index is 13.9. The van der Waals surface area contributed by atoms with Gasteiger partial charge in [0.25, 0.3) is 0 Å². The molecule has 0 radical (unpaired) electrons. The smallest absolute Gasteiger partial charge is 0.204 e. The van der Waals surface area contributed by atoms with Crippen molar-refractivity contribution in [2.45, 2.75) is 79.6 Å². The lowest BCUT2D eigenvalue weighted by Crippen LogP contribution is -2.10. The van der Waals surface area contributed by atoms with Crippen LogP contribution in [0, 0.1) is 11.8 Å². The third kappa shape index (κ3) is 5.85. The van der Waals surface area contributed by atoms with Gasteiger partial charge in [0.15, 0.2) is 11.5 Å². The van der Waals surface area contributed by atoms with Crippen LogP contribution in [-0.2, 0) is 12.8 Å². The Morgan fingerprint density at radius 1 is 0.914 bits per heavy atom. The van der Waals surface area contributed by atoms with Crippen molar-refractivity contribution in [3.05, 3.63) is 33.5 Å². The van der Waals surface area contributed by atoms with E-state index in [-0.39, 0.29) is 27.9 Å². The third-order valence-corrected chi connectivity index (χ3v) is 6.48. The normalized spacial score (nSPS) is 11.8. The predicted molar refractivity (Wildman–Crippen MR) is 141 cm³/mol. The van der Waals surface area contributed by atoms with Gasteiger partial charge in [-0.25, -0.2) is 0 Å². The molecule has 0 bridgehead atoms. The van der Waals surface area contributed by atoms with Crippen LogP contribution in [0.2, 0.25) is 0 Å². The molecule has 0 aliphatic rings. The second-order valence-corrected chi connectivity index (χ2v) is 10.2. The lowest BCUT2D eigenvalue weighted by atomic mass is 9.95. The Morgan fingerprint density at radius 2 is 1.54 bits per heavy atom. The number of fused-ring (bicyclic) bond motifs is 2. The van der Waals surface area contributed by atoms with Gasteiger partial charge in [-0.2, -0.15) is 0 Å². The molecule has 0 fully saturated rings. The van der Waals surface area contributed by atoms with Crippen molar-refractivity contribution in [3.63, 3.8) is 0 Å². The second kappa shape index (κ2) is 11.7. The largest absolute Gasteiger partial charge is 0.507 e. The molecule has 0 unspecified atom stereocenters. The number of methoxy groups -OCH3 is 1. The van der Waals surface area contributed by atoms with Gasteiger partial charge in [-0.15, -0.1) is 0 Å². The molecule has 2 N–H and O–H groups in total. The summed E-state index contributed by atoms with van der Waals surface area (Å²) in [5.74, 6) is 1.62. The van der Waals surface area contributed by atoms with Crippen molar-refractivity contribution in [1.82, 2.24) is 0 Å². The number of phenols is 2. The molecule has 35 heavy (non-hydrogen) atoms. The molecule has 1 heterocycles. The molecular formula is C29H40O6. The fraction of sp³-hybridized carbons (Fsp3) is 0.552. The molecule has 0 atom stereocenters. The zero-order valence-electron chi connectivity index (χ0n) is 22.0. The van der Waals surface area contributed by atoms with E-state index in [1.165, 1.54) is 6.07 Å². The summed E-state index contributed by atoms with van der Waals surface area (Å²) >= 11 is 0. The number of hydrogen-bond acceptors (Lipinski definition) is 6. The summed E-state index contributed by atoms with van der Waals surface area (Å²) in [6, 6.07) is 3.13. The minimum Gasteiger partial charge on any atom is -0.507 e. The average molecular weight is 485 g/mol. The topological polar surface area (TPSA) is 89.1 Å². The maximum Gasteiger partial charge on any atom is 0.204 e. The zero-order valence-corrected chi connectivity index (χ0v) is 22.0. The first kappa shape index (κ1) is 26.7. The van der Waals surface area contributed by atoms with Crippen molar-refractivity contribution in [2.24, 2.45) is 11.8 Å². The van der Waals surface area contributed by atoms with Crippen LogP contribution in [0.25, 0.3) is 21.9 Å². The molecule has 3 aromatic rings. The Hall–Kier alpha value is -2.89. The van der Waals surface area contributed by atoms with Gasteiger partial charge in [0, 0.05) is 23.3 Å². The SMILES string of the molecule is CCCCCOc1cc2oc3cc(O)c(CCC(C)C)c(O)c3c(=O)c2c(CCC(C)C)c1OC. The van der Waals surface area contributed by atoms with E-state index in [0.29, 0.717) is 59.3 Å². The standard InChI is InChI=1S/C29H40O6/c1-7-8-9-14-34-24-16-23-25(20(29(24)33-6)13-11-18(4)5)28(32)26-22(35-23)15-21(30)19(27(26)31)12-10-17(2)3/h15-18,30-31H,7-14H2,1-6H3. The summed E-state index contributed by atoms with van der Waals surface area (Å²) in [5, 5.41) is 22.2.